The van der Waals surface area contributed by atoms with Crippen molar-refractivity contribution in [3.8, 4) is 33.6 Å². The van der Waals surface area contributed by atoms with Crippen molar-refractivity contribution in [3.63, 3.8) is 0 Å². The number of hydrogen-bond acceptors (Lipinski definition) is 10. The standard InChI is InChI=1S/C21H20ClN7O3S2/c1-11-24-17(28-32-11)12-5-7-13(8-6-12)18-26-27-19(31-18)15-9-14(22)16(33-15)21(2)10-34(4,30)29(3)20(23)25-21/h5-9H,4,10H2,1-3H3,(H2,23,25)/t21-,34?/m0/s1. The molecule has 1 unspecified atom stereocenters. The van der Waals surface area contributed by atoms with Crippen molar-refractivity contribution in [1.82, 2.24) is 24.6 Å². The lowest BCUT2D eigenvalue weighted by Gasteiger charge is -2.36. The number of thiophene rings is 1. The summed E-state index contributed by atoms with van der Waals surface area (Å²) in [4.78, 5) is 10.2. The number of benzene rings is 1. The van der Waals surface area contributed by atoms with Gasteiger partial charge in [-0.15, -0.1) is 21.5 Å². The van der Waals surface area contributed by atoms with Crippen LogP contribution < -0.4 is 5.73 Å². The van der Waals surface area contributed by atoms with Gasteiger partial charge in [0.25, 0.3) is 5.89 Å². The molecule has 2 atom stereocenters. The van der Waals surface area contributed by atoms with Gasteiger partial charge in [0.15, 0.2) is 0 Å². The minimum absolute atomic E-state index is 0.152. The predicted octanol–water partition coefficient (Wildman–Crippen LogP) is 3.58. The summed E-state index contributed by atoms with van der Waals surface area (Å²) in [5.41, 5.74) is 6.68. The van der Waals surface area contributed by atoms with Crippen molar-refractivity contribution in [1.29, 1.82) is 0 Å². The Kier molecular flexibility index (Phi) is 5.26. The molecule has 2 N–H and O–H groups in total. The number of aliphatic imine (C=N–C) groups is 1. The SMILES string of the molecule is C=S1(=O)C[C@@](C)(c2sc(-c3nnc(-c4ccc(-c5noc(C)n5)cc4)o3)cc2Cl)N=C(N)N1C. The summed E-state index contributed by atoms with van der Waals surface area (Å²) in [6.45, 7) is 3.57. The van der Waals surface area contributed by atoms with Crippen LogP contribution in [0.1, 0.15) is 17.7 Å². The van der Waals surface area contributed by atoms with Gasteiger partial charge in [0.1, 0.15) is 5.54 Å². The van der Waals surface area contributed by atoms with Crippen LogP contribution in [0.15, 0.2) is 44.3 Å². The highest BCUT2D eigenvalue weighted by Gasteiger charge is 2.40. The van der Waals surface area contributed by atoms with Crippen LogP contribution in [0.25, 0.3) is 33.6 Å². The van der Waals surface area contributed by atoms with Crippen LogP contribution in [-0.4, -0.2) is 53.5 Å². The number of hydrogen-bond donors (Lipinski definition) is 1. The molecule has 176 valence electrons. The molecule has 5 rings (SSSR count). The zero-order valence-electron chi connectivity index (χ0n) is 18.5. The van der Waals surface area contributed by atoms with Gasteiger partial charge in [0, 0.05) is 25.1 Å². The Labute approximate surface area is 204 Å². The summed E-state index contributed by atoms with van der Waals surface area (Å²) in [7, 11) is -1.02. The molecule has 4 aromatic rings. The predicted molar refractivity (Wildman–Crippen MR) is 133 cm³/mol. The normalized spacial score (nSPS) is 22.7. The molecule has 0 saturated carbocycles. The summed E-state index contributed by atoms with van der Waals surface area (Å²) in [6.07, 6.45) is 0. The Hall–Kier alpha value is -3.22. The maximum atomic E-state index is 13.0. The molecule has 0 aliphatic carbocycles. The first-order valence-corrected chi connectivity index (χ1v) is 13.1. The summed E-state index contributed by atoms with van der Waals surface area (Å²) >= 11 is 7.90. The lowest BCUT2D eigenvalue weighted by Crippen LogP contribution is -2.50. The van der Waals surface area contributed by atoms with Crippen LogP contribution in [0.4, 0.5) is 0 Å². The van der Waals surface area contributed by atoms with E-state index in [0.29, 0.717) is 38.3 Å². The monoisotopic (exact) mass is 517 g/mol. The Morgan fingerprint density at radius 1 is 1.24 bits per heavy atom. The molecular formula is C21H20ClN7O3S2. The minimum Gasteiger partial charge on any atom is -0.415 e. The van der Waals surface area contributed by atoms with E-state index in [-0.39, 0.29) is 11.7 Å². The summed E-state index contributed by atoms with van der Waals surface area (Å²) in [5, 5.41) is 12.7. The molecule has 0 bridgehead atoms. The van der Waals surface area contributed by atoms with Crippen molar-refractivity contribution < 1.29 is 13.1 Å². The van der Waals surface area contributed by atoms with E-state index in [9.17, 15) is 4.21 Å². The lowest BCUT2D eigenvalue weighted by molar-refractivity contribution is 0.394. The number of rotatable bonds is 4. The van der Waals surface area contributed by atoms with Gasteiger partial charge in [-0.1, -0.05) is 28.9 Å². The third-order valence-corrected chi connectivity index (χ3v) is 9.40. The fourth-order valence-electron chi connectivity index (χ4n) is 3.64. The minimum atomic E-state index is -2.63. The molecule has 1 aliphatic rings. The van der Waals surface area contributed by atoms with Crippen LogP contribution in [-0.2, 0) is 15.2 Å². The first-order valence-electron chi connectivity index (χ1n) is 10.0. The molecule has 10 nitrogen and oxygen atoms in total. The number of halogens is 1. The van der Waals surface area contributed by atoms with Crippen LogP contribution in [0.5, 0.6) is 0 Å². The summed E-state index contributed by atoms with van der Waals surface area (Å²) < 4.78 is 25.3. The van der Waals surface area contributed by atoms with Crippen molar-refractivity contribution in [2.45, 2.75) is 19.4 Å². The van der Waals surface area contributed by atoms with E-state index >= 15 is 0 Å². The molecule has 4 heterocycles. The highest BCUT2D eigenvalue weighted by atomic mass is 35.5. The maximum Gasteiger partial charge on any atom is 0.258 e. The highest BCUT2D eigenvalue weighted by molar-refractivity contribution is 7.98. The van der Waals surface area contributed by atoms with Gasteiger partial charge >= 0.3 is 0 Å². The average Bonchev–Trinajstić information content (AvgIpc) is 3.51. The molecular weight excluding hydrogens is 498 g/mol. The second-order valence-electron chi connectivity index (χ2n) is 8.07. The lowest BCUT2D eigenvalue weighted by atomic mass is 10.0. The smallest absolute Gasteiger partial charge is 0.258 e. The second kappa shape index (κ2) is 7.93. The number of aromatic nitrogens is 4. The van der Waals surface area contributed by atoms with Gasteiger partial charge in [-0.3, -0.25) is 4.31 Å². The third kappa shape index (κ3) is 3.87. The molecule has 3 aromatic heterocycles. The van der Waals surface area contributed by atoms with E-state index in [1.165, 1.54) is 15.6 Å². The Morgan fingerprint density at radius 3 is 2.56 bits per heavy atom. The molecule has 13 heteroatoms. The molecule has 34 heavy (non-hydrogen) atoms. The fourth-order valence-corrected chi connectivity index (χ4v) is 6.95. The van der Waals surface area contributed by atoms with E-state index in [1.54, 1.807) is 20.0 Å². The zero-order valence-corrected chi connectivity index (χ0v) is 20.9. The Balaban J connectivity index is 1.44. The van der Waals surface area contributed by atoms with Gasteiger partial charge in [0.2, 0.25) is 23.6 Å². The van der Waals surface area contributed by atoms with Gasteiger partial charge in [-0.25, -0.2) is 9.20 Å². The van der Waals surface area contributed by atoms with Crippen LogP contribution in [0.2, 0.25) is 5.02 Å². The fraction of sp³-hybridized carbons (Fsp3) is 0.238. The Morgan fingerprint density at radius 2 is 1.91 bits per heavy atom. The molecule has 0 radical (unpaired) electrons. The highest BCUT2D eigenvalue weighted by Crippen LogP contribution is 2.44. The number of aryl methyl sites for hydroxylation is 1. The van der Waals surface area contributed by atoms with Gasteiger partial charge in [-0.05, 0) is 31.0 Å². The molecule has 0 spiro atoms. The van der Waals surface area contributed by atoms with Gasteiger partial charge in [-0.2, -0.15) is 4.98 Å². The largest absolute Gasteiger partial charge is 0.415 e. The van der Waals surface area contributed by atoms with Gasteiger partial charge < -0.3 is 14.7 Å². The van der Waals surface area contributed by atoms with E-state index in [1.807, 2.05) is 31.2 Å². The number of nitrogens with zero attached hydrogens (tertiary/aromatic N) is 6. The van der Waals surface area contributed by atoms with Crippen LogP contribution >= 0.6 is 22.9 Å². The third-order valence-electron chi connectivity index (χ3n) is 5.42. The van der Waals surface area contributed by atoms with E-state index in [4.69, 9.17) is 26.3 Å². The van der Waals surface area contributed by atoms with Crippen LogP contribution in [0, 0.1) is 6.92 Å². The second-order valence-corrected chi connectivity index (χ2v) is 11.9. The molecule has 1 aromatic carbocycles. The first kappa shape index (κ1) is 22.6. The van der Waals surface area contributed by atoms with E-state index in [2.05, 4.69) is 31.2 Å². The number of guanidine groups is 1. The zero-order chi connectivity index (χ0) is 24.3. The van der Waals surface area contributed by atoms with Crippen molar-refractivity contribution in [2.24, 2.45) is 10.7 Å². The van der Waals surface area contributed by atoms with Crippen LogP contribution in [0.3, 0.4) is 0 Å². The Bertz CT molecular complexity index is 1520. The quantitative estimate of drug-likeness (QED) is 0.405. The summed E-state index contributed by atoms with van der Waals surface area (Å²) in [5.74, 6) is 5.84. The van der Waals surface area contributed by atoms with Crippen molar-refractivity contribution in [2.75, 3.05) is 12.8 Å². The topological polar surface area (TPSA) is 137 Å². The number of nitrogens with two attached hydrogens (primary N) is 1. The molecule has 0 amide bonds. The van der Waals surface area contributed by atoms with E-state index < -0.39 is 15.2 Å². The van der Waals surface area contributed by atoms with Gasteiger partial charge in [0.05, 0.1) is 30.2 Å². The molecule has 0 saturated heterocycles. The van der Waals surface area contributed by atoms with Crippen molar-refractivity contribution in [3.05, 3.63) is 46.1 Å². The first-order chi connectivity index (χ1) is 16.1. The molecule has 1 aliphatic heterocycles. The average molecular weight is 518 g/mol. The maximum absolute atomic E-state index is 13.0. The van der Waals surface area contributed by atoms with Crippen molar-refractivity contribution >= 4 is 44.5 Å². The molecule has 0 fully saturated rings. The van der Waals surface area contributed by atoms with E-state index in [0.717, 1.165) is 11.1 Å². The summed E-state index contributed by atoms with van der Waals surface area (Å²) in [6, 6.07) is 9.12.